The standard InChI is InChI=1S/C17H28N4.HI/c1-3-21(4-2)16(13-15-9-6-5-7-10-15)14-20-17-18-11-8-12-19-17;/h5-7,9-10,16H,3-4,8,11-14H2,1-2H3,(H2,18,19,20);1H. The van der Waals surface area contributed by atoms with E-state index in [2.05, 4.69) is 64.7 Å². The molecule has 1 atom stereocenters. The van der Waals surface area contributed by atoms with E-state index in [0.717, 1.165) is 51.5 Å². The molecule has 0 aromatic heterocycles. The average molecular weight is 416 g/mol. The highest BCUT2D eigenvalue weighted by atomic mass is 127. The number of hydrogen-bond donors (Lipinski definition) is 2. The number of rotatable bonds is 7. The number of aliphatic imine (C=N–C) groups is 1. The van der Waals surface area contributed by atoms with Gasteiger partial charge in [0.2, 0.25) is 0 Å². The maximum Gasteiger partial charge on any atom is 0.191 e. The summed E-state index contributed by atoms with van der Waals surface area (Å²) in [5.41, 5.74) is 1.40. The summed E-state index contributed by atoms with van der Waals surface area (Å²) in [5, 5.41) is 6.82. The molecule has 4 nitrogen and oxygen atoms in total. The minimum atomic E-state index is 0. The molecule has 1 unspecified atom stereocenters. The van der Waals surface area contributed by atoms with Crippen LogP contribution in [0.5, 0.6) is 0 Å². The first-order valence-corrected chi connectivity index (χ1v) is 8.13. The van der Waals surface area contributed by atoms with Gasteiger partial charge in [0, 0.05) is 25.7 Å². The van der Waals surface area contributed by atoms with Gasteiger partial charge in [-0.3, -0.25) is 9.89 Å². The van der Waals surface area contributed by atoms with Crippen LogP contribution in [-0.2, 0) is 6.42 Å². The molecule has 0 saturated carbocycles. The molecule has 5 heteroatoms. The smallest absolute Gasteiger partial charge is 0.191 e. The summed E-state index contributed by atoms with van der Waals surface area (Å²) in [6.07, 6.45) is 2.21. The van der Waals surface area contributed by atoms with Gasteiger partial charge in [0.25, 0.3) is 0 Å². The molecule has 0 spiro atoms. The van der Waals surface area contributed by atoms with E-state index in [1.165, 1.54) is 5.56 Å². The van der Waals surface area contributed by atoms with Crippen molar-refractivity contribution in [3.8, 4) is 0 Å². The molecule has 1 aliphatic rings. The Kier molecular flexibility index (Phi) is 9.47. The van der Waals surface area contributed by atoms with Crippen LogP contribution in [0, 0.1) is 0 Å². The summed E-state index contributed by atoms with van der Waals surface area (Å²) >= 11 is 0. The number of nitrogens with one attached hydrogen (secondary N) is 2. The Morgan fingerprint density at radius 1 is 1.23 bits per heavy atom. The molecule has 0 amide bonds. The van der Waals surface area contributed by atoms with Crippen molar-refractivity contribution in [3.05, 3.63) is 35.9 Å². The number of benzene rings is 1. The predicted octanol–water partition coefficient (Wildman–Crippen LogP) is 2.50. The zero-order valence-electron chi connectivity index (χ0n) is 13.7. The first-order chi connectivity index (χ1) is 10.3. The molecule has 1 aromatic carbocycles. The Morgan fingerprint density at radius 2 is 1.95 bits per heavy atom. The molecular formula is C17H29IN4. The van der Waals surface area contributed by atoms with Crippen LogP contribution in [0.4, 0.5) is 0 Å². The highest BCUT2D eigenvalue weighted by molar-refractivity contribution is 14.0. The lowest BCUT2D eigenvalue weighted by atomic mass is 10.0. The summed E-state index contributed by atoms with van der Waals surface area (Å²) in [4.78, 5) is 7.01. The second kappa shape index (κ2) is 10.8. The van der Waals surface area contributed by atoms with Crippen LogP contribution in [0.25, 0.3) is 0 Å². The van der Waals surface area contributed by atoms with Gasteiger partial charge in [-0.25, -0.2) is 0 Å². The van der Waals surface area contributed by atoms with Crippen LogP contribution in [0.15, 0.2) is 35.3 Å². The lowest BCUT2D eigenvalue weighted by Gasteiger charge is -2.31. The number of guanidine groups is 1. The van der Waals surface area contributed by atoms with E-state index >= 15 is 0 Å². The van der Waals surface area contributed by atoms with Crippen LogP contribution in [-0.4, -0.2) is 49.6 Å². The molecule has 22 heavy (non-hydrogen) atoms. The minimum Gasteiger partial charge on any atom is -0.356 e. The third-order valence-corrected chi connectivity index (χ3v) is 4.05. The molecular weight excluding hydrogens is 387 g/mol. The van der Waals surface area contributed by atoms with E-state index in [9.17, 15) is 0 Å². The Balaban J connectivity index is 0.00000242. The Bertz CT molecular complexity index is 432. The van der Waals surface area contributed by atoms with Crippen molar-refractivity contribution in [2.75, 3.05) is 32.7 Å². The Morgan fingerprint density at radius 3 is 2.55 bits per heavy atom. The first-order valence-electron chi connectivity index (χ1n) is 8.13. The quantitative estimate of drug-likeness (QED) is 0.672. The van der Waals surface area contributed by atoms with Crippen LogP contribution in [0.2, 0.25) is 0 Å². The fourth-order valence-corrected chi connectivity index (χ4v) is 2.82. The predicted molar refractivity (Wildman–Crippen MR) is 105 cm³/mol. The molecule has 0 radical (unpaired) electrons. The molecule has 1 aliphatic heterocycles. The lowest BCUT2D eigenvalue weighted by Crippen LogP contribution is -2.49. The maximum atomic E-state index is 4.50. The number of halogens is 1. The second-order valence-corrected chi connectivity index (χ2v) is 5.46. The summed E-state index contributed by atoms with van der Waals surface area (Å²) in [7, 11) is 0. The van der Waals surface area contributed by atoms with Crippen LogP contribution in [0.1, 0.15) is 25.8 Å². The third-order valence-electron chi connectivity index (χ3n) is 4.05. The normalized spacial score (nSPS) is 15.5. The zero-order valence-corrected chi connectivity index (χ0v) is 16.0. The number of likely N-dealkylation sites (N-methyl/N-ethyl adjacent to an activating group) is 1. The molecule has 1 heterocycles. The maximum absolute atomic E-state index is 4.50. The molecule has 0 aliphatic carbocycles. The zero-order chi connectivity index (χ0) is 14.9. The molecule has 0 saturated heterocycles. The van der Waals surface area contributed by atoms with Crippen molar-refractivity contribution in [1.29, 1.82) is 0 Å². The SMILES string of the molecule is CCN(CC)C(CNC1=NCCCN1)Cc1ccccc1.I. The van der Waals surface area contributed by atoms with Gasteiger partial charge >= 0.3 is 0 Å². The van der Waals surface area contributed by atoms with Crippen LogP contribution >= 0.6 is 24.0 Å². The number of nitrogens with zero attached hydrogens (tertiary/aromatic N) is 2. The largest absolute Gasteiger partial charge is 0.356 e. The summed E-state index contributed by atoms with van der Waals surface area (Å²) in [6.45, 7) is 9.52. The number of hydrogen-bond acceptors (Lipinski definition) is 4. The van der Waals surface area contributed by atoms with E-state index in [1.54, 1.807) is 0 Å². The van der Waals surface area contributed by atoms with Gasteiger partial charge in [0.15, 0.2) is 5.96 Å². The molecule has 1 aromatic rings. The fourth-order valence-electron chi connectivity index (χ4n) is 2.82. The monoisotopic (exact) mass is 416 g/mol. The summed E-state index contributed by atoms with van der Waals surface area (Å²) in [5.74, 6) is 0.964. The molecule has 2 N–H and O–H groups in total. The Labute approximate surface area is 151 Å². The topological polar surface area (TPSA) is 39.7 Å². The van der Waals surface area contributed by atoms with Gasteiger partial charge in [-0.15, -0.1) is 24.0 Å². The van der Waals surface area contributed by atoms with E-state index in [4.69, 9.17) is 0 Å². The van der Waals surface area contributed by atoms with Crippen molar-refractivity contribution in [3.63, 3.8) is 0 Å². The van der Waals surface area contributed by atoms with Gasteiger partial charge in [-0.1, -0.05) is 44.2 Å². The molecule has 124 valence electrons. The second-order valence-electron chi connectivity index (χ2n) is 5.46. The van der Waals surface area contributed by atoms with Crippen LogP contribution < -0.4 is 10.6 Å². The van der Waals surface area contributed by atoms with E-state index in [-0.39, 0.29) is 24.0 Å². The van der Waals surface area contributed by atoms with Crippen molar-refractivity contribution in [1.82, 2.24) is 15.5 Å². The summed E-state index contributed by atoms with van der Waals surface area (Å²) < 4.78 is 0. The van der Waals surface area contributed by atoms with Gasteiger partial charge in [0.1, 0.15) is 0 Å². The molecule has 0 fully saturated rings. The lowest BCUT2D eigenvalue weighted by molar-refractivity contribution is 0.215. The van der Waals surface area contributed by atoms with Crippen LogP contribution in [0.3, 0.4) is 0 Å². The van der Waals surface area contributed by atoms with Gasteiger partial charge < -0.3 is 10.6 Å². The highest BCUT2D eigenvalue weighted by Gasteiger charge is 2.17. The van der Waals surface area contributed by atoms with E-state index < -0.39 is 0 Å². The summed E-state index contributed by atoms with van der Waals surface area (Å²) in [6, 6.07) is 11.2. The highest BCUT2D eigenvalue weighted by Crippen LogP contribution is 2.08. The third kappa shape index (κ3) is 6.12. The first kappa shape index (κ1) is 19.2. The Hall–Kier alpha value is -0.820. The molecule has 2 rings (SSSR count). The van der Waals surface area contributed by atoms with Gasteiger partial charge in [-0.2, -0.15) is 0 Å². The van der Waals surface area contributed by atoms with Gasteiger partial charge in [0.05, 0.1) is 0 Å². The minimum absolute atomic E-state index is 0. The van der Waals surface area contributed by atoms with E-state index in [1.807, 2.05) is 0 Å². The van der Waals surface area contributed by atoms with Crippen molar-refractivity contribution in [2.24, 2.45) is 4.99 Å². The van der Waals surface area contributed by atoms with E-state index in [0.29, 0.717) is 6.04 Å². The molecule has 0 bridgehead atoms. The van der Waals surface area contributed by atoms with Crippen molar-refractivity contribution >= 4 is 29.9 Å². The van der Waals surface area contributed by atoms with Crippen molar-refractivity contribution in [2.45, 2.75) is 32.7 Å². The average Bonchev–Trinajstić information content (AvgIpc) is 2.55. The van der Waals surface area contributed by atoms with Crippen molar-refractivity contribution < 1.29 is 0 Å². The van der Waals surface area contributed by atoms with Gasteiger partial charge in [-0.05, 0) is 31.5 Å². The fraction of sp³-hybridized carbons (Fsp3) is 0.588.